The van der Waals surface area contributed by atoms with E-state index >= 15 is 0 Å². The van der Waals surface area contributed by atoms with Gasteiger partial charge in [0.25, 0.3) is 0 Å². The Hall–Kier alpha value is -0.900. The lowest BCUT2D eigenvalue weighted by molar-refractivity contribution is 0.232. The molecular formula is C12H24N4. The van der Waals surface area contributed by atoms with Crippen LogP contribution in [0.2, 0.25) is 0 Å². The molecule has 0 fully saturated rings. The fourth-order valence-electron chi connectivity index (χ4n) is 1.65. The molecule has 1 rings (SSSR count). The Bertz CT molecular complexity index is 324. The molecule has 2 unspecified atom stereocenters. The molecule has 4 heteroatoms. The van der Waals surface area contributed by atoms with Crippen LogP contribution in [-0.2, 0) is 13.5 Å². The summed E-state index contributed by atoms with van der Waals surface area (Å²) >= 11 is 0. The predicted molar refractivity (Wildman–Crippen MR) is 65.9 cm³/mol. The number of hydrogen-bond donors (Lipinski definition) is 1. The summed E-state index contributed by atoms with van der Waals surface area (Å²) in [5.74, 6) is 0.610. The quantitative estimate of drug-likeness (QED) is 0.847. The van der Waals surface area contributed by atoms with Crippen molar-refractivity contribution in [2.45, 2.75) is 46.6 Å². The SMILES string of the molecule is CC(CC(N)Cc1cn(C)nn1)C(C)(C)C. The van der Waals surface area contributed by atoms with Crippen LogP contribution < -0.4 is 5.73 Å². The first-order valence-corrected chi connectivity index (χ1v) is 5.90. The third kappa shape index (κ3) is 3.93. The molecule has 0 radical (unpaired) electrons. The van der Waals surface area contributed by atoms with Gasteiger partial charge >= 0.3 is 0 Å². The van der Waals surface area contributed by atoms with E-state index in [1.807, 2.05) is 13.2 Å². The number of hydrogen-bond acceptors (Lipinski definition) is 3. The summed E-state index contributed by atoms with van der Waals surface area (Å²) in [5.41, 5.74) is 7.44. The highest BCUT2D eigenvalue weighted by atomic mass is 15.4. The van der Waals surface area contributed by atoms with Crippen molar-refractivity contribution in [3.05, 3.63) is 11.9 Å². The van der Waals surface area contributed by atoms with E-state index in [1.165, 1.54) is 0 Å². The van der Waals surface area contributed by atoms with Gasteiger partial charge in [-0.3, -0.25) is 4.68 Å². The van der Waals surface area contributed by atoms with Crippen molar-refractivity contribution < 1.29 is 0 Å². The van der Waals surface area contributed by atoms with E-state index in [-0.39, 0.29) is 6.04 Å². The molecule has 1 heterocycles. The molecule has 1 aromatic heterocycles. The van der Waals surface area contributed by atoms with E-state index in [1.54, 1.807) is 4.68 Å². The van der Waals surface area contributed by atoms with Crippen LogP contribution in [0.5, 0.6) is 0 Å². The van der Waals surface area contributed by atoms with Gasteiger partial charge in [-0.1, -0.05) is 32.9 Å². The molecule has 0 saturated carbocycles. The first-order chi connectivity index (χ1) is 7.29. The van der Waals surface area contributed by atoms with E-state index in [0.717, 1.165) is 18.5 Å². The van der Waals surface area contributed by atoms with E-state index in [2.05, 4.69) is 38.0 Å². The van der Waals surface area contributed by atoms with Crippen molar-refractivity contribution in [3.63, 3.8) is 0 Å². The van der Waals surface area contributed by atoms with Crippen molar-refractivity contribution in [1.82, 2.24) is 15.0 Å². The monoisotopic (exact) mass is 224 g/mol. The molecule has 0 aliphatic heterocycles. The smallest absolute Gasteiger partial charge is 0.0842 e. The predicted octanol–water partition coefficient (Wildman–Crippen LogP) is 1.76. The lowest BCUT2D eigenvalue weighted by Crippen LogP contribution is -2.30. The summed E-state index contributed by atoms with van der Waals surface area (Å²) in [6, 6.07) is 0.172. The molecule has 1 aromatic rings. The van der Waals surface area contributed by atoms with Gasteiger partial charge in [0, 0.05) is 25.7 Å². The van der Waals surface area contributed by atoms with Crippen LogP contribution in [0.3, 0.4) is 0 Å². The van der Waals surface area contributed by atoms with Gasteiger partial charge in [0.2, 0.25) is 0 Å². The molecule has 0 aromatic carbocycles. The van der Waals surface area contributed by atoms with Crippen LogP contribution in [-0.4, -0.2) is 21.0 Å². The van der Waals surface area contributed by atoms with Gasteiger partial charge in [0.05, 0.1) is 5.69 Å². The van der Waals surface area contributed by atoms with Crippen LogP contribution in [0, 0.1) is 11.3 Å². The lowest BCUT2D eigenvalue weighted by atomic mass is 9.78. The zero-order chi connectivity index (χ0) is 12.3. The Balaban J connectivity index is 2.45. The molecule has 0 spiro atoms. The van der Waals surface area contributed by atoms with Crippen molar-refractivity contribution in [3.8, 4) is 0 Å². The normalized spacial score (nSPS) is 16.1. The molecule has 92 valence electrons. The molecular weight excluding hydrogens is 200 g/mol. The highest BCUT2D eigenvalue weighted by Crippen LogP contribution is 2.29. The first kappa shape index (κ1) is 13.2. The number of rotatable bonds is 4. The second-order valence-corrected chi connectivity index (χ2v) is 5.85. The summed E-state index contributed by atoms with van der Waals surface area (Å²) in [6.45, 7) is 9.03. The zero-order valence-electron chi connectivity index (χ0n) is 11.1. The number of nitrogens with zero attached hydrogens (tertiary/aromatic N) is 3. The average Bonchev–Trinajstić information content (AvgIpc) is 2.49. The van der Waals surface area contributed by atoms with Crippen LogP contribution in [0.1, 0.15) is 39.8 Å². The topological polar surface area (TPSA) is 56.7 Å². The number of nitrogens with two attached hydrogens (primary N) is 1. The van der Waals surface area contributed by atoms with Crippen molar-refractivity contribution >= 4 is 0 Å². The number of aromatic nitrogens is 3. The van der Waals surface area contributed by atoms with E-state index in [9.17, 15) is 0 Å². The third-order valence-corrected chi connectivity index (χ3v) is 3.26. The second-order valence-electron chi connectivity index (χ2n) is 5.85. The summed E-state index contributed by atoms with van der Waals surface area (Å²) in [4.78, 5) is 0. The van der Waals surface area contributed by atoms with Crippen molar-refractivity contribution in [2.75, 3.05) is 0 Å². The van der Waals surface area contributed by atoms with Crippen LogP contribution >= 0.6 is 0 Å². The van der Waals surface area contributed by atoms with Gasteiger partial charge in [-0.05, 0) is 17.8 Å². The molecule has 4 nitrogen and oxygen atoms in total. The Morgan fingerprint density at radius 2 is 2.06 bits per heavy atom. The van der Waals surface area contributed by atoms with Gasteiger partial charge < -0.3 is 5.73 Å². The maximum absolute atomic E-state index is 6.14. The van der Waals surface area contributed by atoms with Crippen molar-refractivity contribution in [2.24, 2.45) is 24.1 Å². The van der Waals surface area contributed by atoms with Gasteiger partial charge in [-0.2, -0.15) is 0 Å². The molecule has 0 amide bonds. The molecule has 2 N–H and O–H groups in total. The third-order valence-electron chi connectivity index (χ3n) is 3.26. The first-order valence-electron chi connectivity index (χ1n) is 5.90. The summed E-state index contributed by atoms with van der Waals surface area (Å²) in [5, 5.41) is 7.97. The largest absolute Gasteiger partial charge is 0.327 e. The van der Waals surface area contributed by atoms with Gasteiger partial charge in [0.1, 0.15) is 0 Å². The molecule has 2 atom stereocenters. The van der Waals surface area contributed by atoms with E-state index in [4.69, 9.17) is 5.73 Å². The Morgan fingerprint density at radius 3 is 2.50 bits per heavy atom. The fraction of sp³-hybridized carbons (Fsp3) is 0.833. The summed E-state index contributed by atoms with van der Waals surface area (Å²) < 4.78 is 1.72. The van der Waals surface area contributed by atoms with Gasteiger partial charge in [-0.25, -0.2) is 0 Å². The number of aryl methyl sites for hydroxylation is 1. The average molecular weight is 224 g/mol. The lowest BCUT2D eigenvalue weighted by Gasteiger charge is -2.29. The van der Waals surface area contributed by atoms with Crippen LogP contribution in [0.15, 0.2) is 6.20 Å². The summed E-state index contributed by atoms with van der Waals surface area (Å²) in [6.07, 6.45) is 3.77. The van der Waals surface area contributed by atoms with Gasteiger partial charge in [-0.15, -0.1) is 5.10 Å². The highest BCUT2D eigenvalue weighted by Gasteiger charge is 2.22. The van der Waals surface area contributed by atoms with E-state index in [0.29, 0.717) is 11.3 Å². The standard InChI is InChI=1S/C12H24N4/c1-9(12(2,3)4)6-10(13)7-11-8-16(5)15-14-11/h8-10H,6-7,13H2,1-5H3. The zero-order valence-corrected chi connectivity index (χ0v) is 11.1. The molecule has 0 aliphatic carbocycles. The molecule has 16 heavy (non-hydrogen) atoms. The Labute approximate surface area is 98.2 Å². The fourth-order valence-corrected chi connectivity index (χ4v) is 1.65. The summed E-state index contributed by atoms with van der Waals surface area (Å²) in [7, 11) is 1.87. The second kappa shape index (κ2) is 4.95. The van der Waals surface area contributed by atoms with Crippen LogP contribution in [0.4, 0.5) is 0 Å². The maximum Gasteiger partial charge on any atom is 0.0842 e. The van der Waals surface area contributed by atoms with E-state index < -0.39 is 0 Å². The molecule has 0 bridgehead atoms. The molecule has 0 saturated heterocycles. The molecule has 0 aliphatic rings. The van der Waals surface area contributed by atoms with Crippen molar-refractivity contribution in [1.29, 1.82) is 0 Å². The minimum absolute atomic E-state index is 0.172. The minimum Gasteiger partial charge on any atom is -0.327 e. The maximum atomic E-state index is 6.14. The Kier molecular flexibility index (Phi) is 4.08. The van der Waals surface area contributed by atoms with Gasteiger partial charge in [0.15, 0.2) is 0 Å². The highest BCUT2D eigenvalue weighted by molar-refractivity contribution is 4.95. The Morgan fingerprint density at radius 1 is 1.44 bits per heavy atom. The van der Waals surface area contributed by atoms with Crippen LogP contribution in [0.25, 0.3) is 0 Å². The minimum atomic E-state index is 0.172.